The summed E-state index contributed by atoms with van der Waals surface area (Å²) in [5.74, 6) is 0. The first-order chi connectivity index (χ1) is 26.8. The lowest BCUT2D eigenvalue weighted by atomic mass is 9.91. The molecule has 0 radical (unpaired) electrons. The van der Waals surface area contributed by atoms with E-state index in [1.54, 1.807) is 0 Å². The number of hydrogen-bond donors (Lipinski definition) is 0. The van der Waals surface area contributed by atoms with E-state index in [0.717, 1.165) is 66.5 Å². The third kappa shape index (κ3) is 5.44. The van der Waals surface area contributed by atoms with Gasteiger partial charge in [-0.15, -0.1) is 0 Å². The third-order valence-electron chi connectivity index (χ3n) is 10.5. The van der Waals surface area contributed by atoms with Crippen molar-refractivity contribution in [3.05, 3.63) is 212 Å². The Labute approximate surface area is 314 Å². The molecule has 1 aromatic heterocycles. The Morgan fingerprint density at radius 3 is 1.54 bits per heavy atom. The molecular formula is C52H35NO. The maximum Gasteiger partial charge on any atom is 0.143 e. The van der Waals surface area contributed by atoms with Crippen LogP contribution in [-0.2, 0) is 0 Å². The molecule has 1 heterocycles. The highest BCUT2D eigenvalue weighted by atomic mass is 16.3. The van der Waals surface area contributed by atoms with Crippen molar-refractivity contribution >= 4 is 49.8 Å². The van der Waals surface area contributed by atoms with Gasteiger partial charge in [-0.25, -0.2) is 0 Å². The van der Waals surface area contributed by atoms with Gasteiger partial charge in [0.2, 0.25) is 0 Å². The highest BCUT2D eigenvalue weighted by Gasteiger charge is 2.24. The number of hydrogen-bond acceptors (Lipinski definition) is 2. The van der Waals surface area contributed by atoms with Crippen LogP contribution in [-0.4, -0.2) is 0 Å². The Balaban J connectivity index is 1.27. The molecular weight excluding hydrogens is 655 g/mol. The van der Waals surface area contributed by atoms with E-state index >= 15 is 0 Å². The van der Waals surface area contributed by atoms with Crippen LogP contribution in [0.3, 0.4) is 0 Å². The zero-order valence-electron chi connectivity index (χ0n) is 29.6. The first kappa shape index (κ1) is 31.6. The van der Waals surface area contributed by atoms with Crippen LogP contribution in [0.15, 0.2) is 217 Å². The minimum atomic E-state index is 0.871. The van der Waals surface area contributed by atoms with Crippen molar-refractivity contribution in [2.24, 2.45) is 0 Å². The quantitative estimate of drug-likeness (QED) is 0.166. The molecule has 10 rings (SSSR count). The topological polar surface area (TPSA) is 16.4 Å². The summed E-state index contributed by atoms with van der Waals surface area (Å²) >= 11 is 0. The first-order valence-corrected chi connectivity index (χ1v) is 18.4. The van der Waals surface area contributed by atoms with Gasteiger partial charge in [-0.3, -0.25) is 0 Å². The Hall–Kier alpha value is -7.16. The Kier molecular flexibility index (Phi) is 7.85. The molecule has 0 bridgehead atoms. The van der Waals surface area contributed by atoms with Crippen molar-refractivity contribution in [1.29, 1.82) is 0 Å². The van der Waals surface area contributed by atoms with Gasteiger partial charge in [-0.05, 0) is 69.3 Å². The van der Waals surface area contributed by atoms with Crippen molar-refractivity contribution in [3.8, 4) is 44.5 Å². The van der Waals surface area contributed by atoms with E-state index in [9.17, 15) is 0 Å². The minimum absolute atomic E-state index is 0.871. The SMILES string of the molecule is c1ccc(-c2ccc(N(c3ccccc3-c3ccccc3)c3cc4c(oc5cccc(-c6ccccc6-c6ccccc6)c54)c4ccccc34)cc2)cc1. The van der Waals surface area contributed by atoms with Gasteiger partial charge in [0.1, 0.15) is 11.2 Å². The number of anilines is 3. The van der Waals surface area contributed by atoms with Crippen molar-refractivity contribution in [1.82, 2.24) is 0 Å². The molecule has 2 nitrogen and oxygen atoms in total. The number of nitrogens with zero attached hydrogens (tertiary/aromatic N) is 1. The predicted molar refractivity (Wildman–Crippen MR) is 228 cm³/mol. The summed E-state index contributed by atoms with van der Waals surface area (Å²) in [5, 5.41) is 4.38. The van der Waals surface area contributed by atoms with E-state index in [2.05, 4.69) is 217 Å². The van der Waals surface area contributed by atoms with Crippen molar-refractivity contribution < 1.29 is 4.42 Å². The average molecular weight is 690 g/mol. The monoisotopic (exact) mass is 689 g/mol. The number of benzene rings is 9. The molecule has 54 heavy (non-hydrogen) atoms. The maximum absolute atomic E-state index is 6.86. The lowest BCUT2D eigenvalue weighted by molar-refractivity contribution is 0.673. The lowest BCUT2D eigenvalue weighted by Gasteiger charge is -2.29. The van der Waals surface area contributed by atoms with Gasteiger partial charge in [0, 0.05) is 32.8 Å². The average Bonchev–Trinajstić information content (AvgIpc) is 3.64. The summed E-state index contributed by atoms with van der Waals surface area (Å²) in [5.41, 5.74) is 14.4. The number of furan rings is 1. The van der Waals surface area contributed by atoms with Gasteiger partial charge in [0.05, 0.1) is 11.4 Å². The van der Waals surface area contributed by atoms with Crippen molar-refractivity contribution in [2.75, 3.05) is 4.90 Å². The summed E-state index contributed by atoms with van der Waals surface area (Å²) in [6.45, 7) is 0. The van der Waals surface area contributed by atoms with E-state index < -0.39 is 0 Å². The molecule has 254 valence electrons. The molecule has 9 aromatic carbocycles. The van der Waals surface area contributed by atoms with Crippen molar-refractivity contribution in [2.45, 2.75) is 0 Å². The molecule has 0 atom stereocenters. The highest BCUT2D eigenvalue weighted by Crippen LogP contribution is 2.49. The van der Waals surface area contributed by atoms with E-state index in [-0.39, 0.29) is 0 Å². The second-order valence-corrected chi connectivity index (χ2v) is 13.6. The molecule has 2 heteroatoms. The summed E-state index contributed by atoms with van der Waals surface area (Å²) in [6, 6.07) is 75.7. The normalized spacial score (nSPS) is 11.3. The van der Waals surface area contributed by atoms with Gasteiger partial charge < -0.3 is 9.32 Å². The molecule has 0 aliphatic rings. The van der Waals surface area contributed by atoms with Crippen LogP contribution in [0.5, 0.6) is 0 Å². The van der Waals surface area contributed by atoms with E-state index in [4.69, 9.17) is 4.42 Å². The van der Waals surface area contributed by atoms with Crippen LogP contribution >= 0.6 is 0 Å². The molecule has 10 aromatic rings. The third-order valence-corrected chi connectivity index (χ3v) is 10.5. The predicted octanol–water partition coefficient (Wildman–Crippen LogP) is 14.9. The van der Waals surface area contributed by atoms with Crippen LogP contribution in [0.4, 0.5) is 17.1 Å². The minimum Gasteiger partial charge on any atom is -0.455 e. The molecule has 0 aliphatic heterocycles. The van der Waals surface area contributed by atoms with Gasteiger partial charge in [-0.1, -0.05) is 182 Å². The van der Waals surface area contributed by atoms with Crippen LogP contribution in [0, 0.1) is 0 Å². The fourth-order valence-corrected chi connectivity index (χ4v) is 8.00. The standard InChI is InChI=1S/C52H35NO/c1-4-17-36(18-5-1)37-31-33-40(34-32-37)53(48-29-15-14-24-42(48)39-21-8-3-9-22-39)49-35-47-51-45(43-25-11-10-23-41(43)38-19-6-2-7-20-38)28-16-30-50(51)54-52(47)46-27-13-12-26-44(46)49/h1-35H. The van der Waals surface area contributed by atoms with Gasteiger partial charge in [0.25, 0.3) is 0 Å². The molecule has 0 N–H and O–H groups in total. The Bertz CT molecular complexity index is 2910. The van der Waals surface area contributed by atoms with Gasteiger partial charge in [-0.2, -0.15) is 0 Å². The lowest BCUT2D eigenvalue weighted by Crippen LogP contribution is -2.12. The van der Waals surface area contributed by atoms with Gasteiger partial charge >= 0.3 is 0 Å². The fraction of sp³-hybridized carbons (Fsp3) is 0. The molecule has 0 unspecified atom stereocenters. The van der Waals surface area contributed by atoms with Crippen LogP contribution in [0.2, 0.25) is 0 Å². The second-order valence-electron chi connectivity index (χ2n) is 13.6. The number of rotatable bonds is 7. The summed E-state index contributed by atoms with van der Waals surface area (Å²) in [6.07, 6.45) is 0. The van der Waals surface area contributed by atoms with Crippen molar-refractivity contribution in [3.63, 3.8) is 0 Å². The van der Waals surface area contributed by atoms with Crippen LogP contribution < -0.4 is 4.90 Å². The van der Waals surface area contributed by atoms with Crippen LogP contribution in [0.25, 0.3) is 77.2 Å². The molecule has 0 saturated carbocycles. The largest absolute Gasteiger partial charge is 0.455 e. The van der Waals surface area contributed by atoms with E-state index in [1.165, 1.54) is 27.8 Å². The zero-order chi connectivity index (χ0) is 35.8. The van der Waals surface area contributed by atoms with E-state index in [0.29, 0.717) is 0 Å². The number of fused-ring (bicyclic) bond motifs is 5. The highest BCUT2D eigenvalue weighted by molar-refractivity contribution is 6.23. The van der Waals surface area contributed by atoms with E-state index in [1.807, 2.05) is 0 Å². The second kappa shape index (κ2) is 13.4. The summed E-state index contributed by atoms with van der Waals surface area (Å²) in [7, 11) is 0. The summed E-state index contributed by atoms with van der Waals surface area (Å²) in [4.78, 5) is 2.43. The smallest absolute Gasteiger partial charge is 0.143 e. The molecule has 0 amide bonds. The fourth-order valence-electron chi connectivity index (χ4n) is 8.00. The zero-order valence-corrected chi connectivity index (χ0v) is 29.6. The Morgan fingerprint density at radius 1 is 0.315 bits per heavy atom. The van der Waals surface area contributed by atoms with Gasteiger partial charge in [0.15, 0.2) is 0 Å². The Morgan fingerprint density at radius 2 is 0.833 bits per heavy atom. The molecule has 0 fully saturated rings. The molecule has 0 saturated heterocycles. The maximum atomic E-state index is 6.86. The first-order valence-electron chi connectivity index (χ1n) is 18.4. The number of para-hydroxylation sites is 1. The summed E-state index contributed by atoms with van der Waals surface area (Å²) < 4.78 is 6.86. The molecule has 0 spiro atoms. The van der Waals surface area contributed by atoms with Crippen LogP contribution in [0.1, 0.15) is 0 Å². The molecule has 0 aliphatic carbocycles.